The van der Waals surface area contributed by atoms with E-state index in [-0.39, 0.29) is 12.6 Å². The van der Waals surface area contributed by atoms with Crippen molar-refractivity contribution in [2.24, 2.45) is 0 Å². The monoisotopic (exact) mass is 344 g/mol. The molecule has 0 radical (unpaired) electrons. The van der Waals surface area contributed by atoms with E-state index in [0.717, 1.165) is 22.0 Å². The zero-order chi connectivity index (χ0) is 17.8. The van der Waals surface area contributed by atoms with Crippen LogP contribution in [0.4, 0.5) is 0 Å². The quantitative estimate of drug-likeness (QED) is 0.520. The van der Waals surface area contributed by atoms with Crippen LogP contribution in [0.1, 0.15) is 21.5 Å². The van der Waals surface area contributed by atoms with Crippen LogP contribution in [0, 0.1) is 0 Å². The van der Waals surface area contributed by atoms with Gasteiger partial charge in [-0.2, -0.15) is 5.10 Å². The van der Waals surface area contributed by atoms with E-state index in [1.807, 2.05) is 42.5 Å². The van der Waals surface area contributed by atoms with Crippen LogP contribution in [0.25, 0.3) is 10.9 Å². The number of para-hydroxylation sites is 1. The van der Waals surface area contributed by atoms with E-state index < -0.39 is 0 Å². The van der Waals surface area contributed by atoms with E-state index in [9.17, 15) is 4.79 Å². The minimum absolute atomic E-state index is 0.188. The highest BCUT2D eigenvalue weighted by Crippen LogP contribution is 2.17. The van der Waals surface area contributed by atoms with Gasteiger partial charge in [-0.1, -0.05) is 36.4 Å². The van der Waals surface area contributed by atoms with Crippen LogP contribution in [-0.2, 0) is 17.9 Å². The molecule has 0 aliphatic carbocycles. The maximum Gasteiger partial charge on any atom is 0.338 e. The van der Waals surface area contributed by atoms with Crippen molar-refractivity contribution in [1.82, 2.24) is 19.7 Å². The second-order valence-electron chi connectivity index (χ2n) is 5.86. The molecule has 0 bridgehead atoms. The number of hydrogen-bond donors (Lipinski definition) is 0. The Hall–Kier alpha value is -3.54. The topological polar surface area (TPSA) is 69.9 Å². The number of benzene rings is 2. The van der Waals surface area contributed by atoms with Crippen molar-refractivity contribution < 1.29 is 9.53 Å². The number of ether oxygens (including phenoxy) is 1. The molecule has 2 aromatic heterocycles. The fourth-order valence-corrected chi connectivity index (χ4v) is 2.76. The first kappa shape index (κ1) is 16.0. The Kier molecular flexibility index (Phi) is 4.38. The van der Waals surface area contributed by atoms with Gasteiger partial charge >= 0.3 is 5.97 Å². The number of carbonyl (C=O) groups is 1. The Balaban J connectivity index is 1.43. The summed E-state index contributed by atoms with van der Waals surface area (Å²) in [4.78, 5) is 20.6. The summed E-state index contributed by atoms with van der Waals surface area (Å²) >= 11 is 0. The van der Waals surface area contributed by atoms with Gasteiger partial charge in [-0.3, -0.25) is 4.98 Å². The van der Waals surface area contributed by atoms with Gasteiger partial charge in [0, 0.05) is 17.1 Å². The third kappa shape index (κ3) is 3.44. The highest BCUT2D eigenvalue weighted by molar-refractivity contribution is 5.89. The van der Waals surface area contributed by atoms with Gasteiger partial charge in [0.1, 0.15) is 19.3 Å². The molecule has 4 aromatic rings. The van der Waals surface area contributed by atoms with Gasteiger partial charge in [0.15, 0.2) is 0 Å². The Morgan fingerprint density at radius 2 is 1.88 bits per heavy atom. The Morgan fingerprint density at radius 1 is 1.04 bits per heavy atom. The summed E-state index contributed by atoms with van der Waals surface area (Å²) < 4.78 is 7.18. The molecule has 0 fully saturated rings. The summed E-state index contributed by atoms with van der Waals surface area (Å²) in [6.45, 7) is 0.797. The molecule has 0 unspecified atom stereocenters. The molecule has 0 aliphatic rings. The van der Waals surface area contributed by atoms with Crippen molar-refractivity contribution in [1.29, 1.82) is 0 Å². The molecule has 0 amide bonds. The number of fused-ring (bicyclic) bond motifs is 1. The fourth-order valence-electron chi connectivity index (χ4n) is 2.76. The van der Waals surface area contributed by atoms with E-state index in [1.54, 1.807) is 29.3 Å². The van der Waals surface area contributed by atoms with E-state index in [4.69, 9.17) is 4.74 Å². The van der Waals surface area contributed by atoms with E-state index >= 15 is 0 Å². The second-order valence-corrected chi connectivity index (χ2v) is 5.86. The number of esters is 1. The first-order chi connectivity index (χ1) is 12.8. The van der Waals surface area contributed by atoms with Crippen LogP contribution in [0.5, 0.6) is 0 Å². The predicted octanol–water partition coefficient (Wildman–Crippen LogP) is 3.23. The molecule has 0 saturated carbocycles. The maximum atomic E-state index is 12.3. The van der Waals surface area contributed by atoms with Crippen LogP contribution in [0.3, 0.4) is 0 Å². The van der Waals surface area contributed by atoms with Crippen molar-refractivity contribution in [2.75, 3.05) is 0 Å². The van der Waals surface area contributed by atoms with Gasteiger partial charge in [-0.05, 0) is 23.8 Å². The lowest BCUT2D eigenvalue weighted by molar-refractivity contribution is 0.0474. The second kappa shape index (κ2) is 7.14. The maximum absolute atomic E-state index is 12.3. The SMILES string of the molecule is O=C(OCc1cccc2cccnc12)c1ccc(Cn2cncn2)cc1. The van der Waals surface area contributed by atoms with Crippen LogP contribution in [0.15, 0.2) is 73.4 Å². The van der Waals surface area contributed by atoms with E-state index in [2.05, 4.69) is 15.1 Å². The fraction of sp³-hybridized carbons (Fsp3) is 0.100. The molecular weight excluding hydrogens is 328 g/mol. The van der Waals surface area contributed by atoms with Gasteiger partial charge in [-0.15, -0.1) is 0 Å². The van der Waals surface area contributed by atoms with Crippen molar-refractivity contribution in [3.63, 3.8) is 0 Å². The predicted molar refractivity (Wildman–Crippen MR) is 96.4 cm³/mol. The molecule has 26 heavy (non-hydrogen) atoms. The zero-order valence-corrected chi connectivity index (χ0v) is 13.9. The Labute approximate surface area is 150 Å². The number of carbonyl (C=O) groups excluding carboxylic acids is 1. The van der Waals surface area contributed by atoms with Crippen molar-refractivity contribution in [2.45, 2.75) is 13.2 Å². The van der Waals surface area contributed by atoms with Crippen molar-refractivity contribution >= 4 is 16.9 Å². The molecule has 0 atom stereocenters. The van der Waals surface area contributed by atoms with Gasteiger partial charge in [0.2, 0.25) is 0 Å². The first-order valence-corrected chi connectivity index (χ1v) is 8.21. The minimum Gasteiger partial charge on any atom is -0.457 e. The van der Waals surface area contributed by atoms with Gasteiger partial charge in [0.25, 0.3) is 0 Å². The average molecular weight is 344 g/mol. The molecule has 2 aromatic carbocycles. The van der Waals surface area contributed by atoms with E-state index in [1.165, 1.54) is 6.33 Å². The third-order valence-corrected chi connectivity index (χ3v) is 4.08. The van der Waals surface area contributed by atoms with Crippen LogP contribution in [0.2, 0.25) is 0 Å². The number of nitrogens with zero attached hydrogens (tertiary/aromatic N) is 4. The standard InChI is InChI=1S/C20H16N4O2/c25-20(17-8-6-15(7-9-17)11-24-14-21-13-23-24)26-12-18-4-1-3-16-5-2-10-22-19(16)18/h1-10,13-14H,11-12H2. The summed E-state index contributed by atoms with van der Waals surface area (Å²) in [5.74, 6) is -0.356. The molecule has 0 saturated heterocycles. The lowest BCUT2D eigenvalue weighted by Gasteiger charge is -2.08. The highest BCUT2D eigenvalue weighted by atomic mass is 16.5. The lowest BCUT2D eigenvalue weighted by Crippen LogP contribution is -2.06. The largest absolute Gasteiger partial charge is 0.457 e. The van der Waals surface area contributed by atoms with Crippen LogP contribution in [-0.4, -0.2) is 25.7 Å². The normalized spacial score (nSPS) is 10.8. The van der Waals surface area contributed by atoms with Crippen LogP contribution >= 0.6 is 0 Å². The summed E-state index contributed by atoms with van der Waals surface area (Å²) in [6.07, 6.45) is 4.88. The van der Waals surface area contributed by atoms with Crippen molar-refractivity contribution in [3.8, 4) is 0 Å². The molecule has 6 nitrogen and oxygen atoms in total. The number of pyridine rings is 1. The number of hydrogen-bond acceptors (Lipinski definition) is 5. The van der Waals surface area contributed by atoms with Gasteiger partial charge in [-0.25, -0.2) is 14.5 Å². The molecule has 0 spiro atoms. The average Bonchev–Trinajstić information content (AvgIpc) is 3.19. The first-order valence-electron chi connectivity index (χ1n) is 8.21. The molecular formula is C20H16N4O2. The van der Waals surface area contributed by atoms with Gasteiger partial charge in [0.05, 0.1) is 17.6 Å². The lowest BCUT2D eigenvalue weighted by atomic mass is 10.1. The number of aromatic nitrogens is 4. The molecule has 2 heterocycles. The summed E-state index contributed by atoms with van der Waals surface area (Å²) in [5, 5.41) is 5.09. The summed E-state index contributed by atoms with van der Waals surface area (Å²) in [5.41, 5.74) is 3.29. The minimum atomic E-state index is -0.356. The third-order valence-electron chi connectivity index (χ3n) is 4.08. The smallest absolute Gasteiger partial charge is 0.338 e. The van der Waals surface area contributed by atoms with Gasteiger partial charge < -0.3 is 4.74 Å². The molecule has 6 heteroatoms. The van der Waals surface area contributed by atoms with Crippen LogP contribution < -0.4 is 0 Å². The Bertz CT molecular complexity index is 1020. The molecule has 128 valence electrons. The number of rotatable bonds is 5. The zero-order valence-electron chi connectivity index (χ0n) is 13.9. The highest BCUT2D eigenvalue weighted by Gasteiger charge is 2.09. The molecule has 0 aliphatic heterocycles. The Morgan fingerprint density at radius 3 is 2.69 bits per heavy atom. The van der Waals surface area contributed by atoms with E-state index in [0.29, 0.717) is 12.1 Å². The summed E-state index contributed by atoms with van der Waals surface area (Å²) in [6, 6.07) is 17.0. The summed E-state index contributed by atoms with van der Waals surface area (Å²) in [7, 11) is 0. The molecule has 0 N–H and O–H groups in total. The molecule has 4 rings (SSSR count). The van der Waals surface area contributed by atoms with Crippen molar-refractivity contribution in [3.05, 3.63) is 90.1 Å².